The van der Waals surface area contributed by atoms with Gasteiger partial charge < -0.3 is 86.2 Å². The van der Waals surface area contributed by atoms with Crippen LogP contribution in [0.15, 0.2) is 183 Å². The number of fused-ring (bicyclic) bond motifs is 4. The Kier molecular flexibility index (Phi) is 35.9. The fourth-order valence-electron chi connectivity index (χ4n) is 16.0. The van der Waals surface area contributed by atoms with Gasteiger partial charge in [0.1, 0.15) is 54.4 Å². The lowest BCUT2D eigenvalue weighted by molar-refractivity contribution is -0.165. The summed E-state index contributed by atoms with van der Waals surface area (Å²) in [5.74, 6) is -6.21. The van der Waals surface area contributed by atoms with Crippen LogP contribution in [-0.2, 0) is 71.7 Å². The maximum Gasteiger partial charge on any atom is 0.326 e. The molecule has 32 nitrogen and oxygen atoms in total. The van der Waals surface area contributed by atoms with Gasteiger partial charge >= 0.3 is 29.8 Å². The molecule has 4 aromatic rings. The Morgan fingerprint density at radius 3 is 1.05 bits per heavy atom. The van der Waals surface area contributed by atoms with Gasteiger partial charge in [-0.05, 0) is 171 Å². The molecule has 10 heterocycles. The second-order valence-electron chi connectivity index (χ2n) is 30.3. The van der Waals surface area contributed by atoms with Crippen LogP contribution in [0.1, 0.15) is 184 Å². The lowest BCUT2D eigenvalue weighted by atomic mass is 10.0. The molecule has 0 bridgehead atoms. The number of hydrogen-bond donors (Lipinski definition) is 9. The molecule has 0 radical (unpaired) electrons. The molecule has 0 aromatic heterocycles. The Hall–Kier alpha value is -12.0. The summed E-state index contributed by atoms with van der Waals surface area (Å²) in [7, 11) is 0. The number of nitrogens with zero attached hydrogens (tertiary/aromatic N) is 4. The maximum absolute atomic E-state index is 13.5. The lowest BCUT2D eigenvalue weighted by Gasteiger charge is -2.34. The summed E-state index contributed by atoms with van der Waals surface area (Å²) in [6.07, 6.45) is 26.0. The van der Waals surface area contributed by atoms with Gasteiger partial charge in [0.25, 0.3) is 23.0 Å². The molecule has 0 saturated carbocycles. The van der Waals surface area contributed by atoms with Gasteiger partial charge in [-0.2, -0.15) is 0 Å². The van der Waals surface area contributed by atoms with Crippen LogP contribution in [0.4, 0.5) is 0 Å². The third-order valence-corrected chi connectivity index (χ3v) is 22.3. The minimum absolute atomic E-state index is 0.0104. The Morgan fingerprint density at radius 1 is 0.426 bits per heavy atom. The standard InChI is InChI=1S/C24H29N3O6.2C18H20N2O4.C11H16N2O3.C11H17NO4.C7H5ClO/c1-2-32-24-18(14-20(28)33-24)26-22(30)19-13-12-16-10-6-7-11-17(23(31)27(16)19)25-21(29)15-8-4-3-5-9-15;2*21-16(12-6-2-1-3-7-12)19-14-9-5-4-8-13-10-11-15(18(23)24)20(13)17(14)22;12-8-4-2-1-3-7-5-6-9(11(15)16)13(7)10(8)14;1-3-5-6-9(13)12-8-7-10(14)16-11(8)15-4-2;8-7(9)6-4-2-1-3-5-6/h3-9,16-19,24H,2,10-14H2,1H3,(H,25,29)(H,26,30);2*1-7,13-15H,8-11H2,(H,19,21)(H,23,24);1-2,7-9H,3-6,12H2,(H,15,16);3,8,11H,1,4-7H2,2H3,(H,12,13);1-5H/b7-6-;2*5-4-;2-1-;;/t16-,17-,18-,19-,24?;2*13-,14-,15-;7-,8-,9-;8-,11?;/m00000./s1. The minimum atomic E-state index is -0.983. The summed E-state index contributed by atoms with van der Waals surface area (Å²) in [6.45, 7) is 7.91. The van der Waals surface area contributed by atoms with Crippen LogP contribution in [0.25, 0.3) is 0 Å². The number of carbonyl (C=O) groups excluding carboxylic acids is 12. The molecular weight excluding hydrogens is 1600 g/mol. The zero-order chi connectivity index (χ0) is 87.9. The number of carboxylic acids is 3. The molecule has 10 aliphatic heterocycles. The van der Waals surface area contributed by atoms with Crippen molar-refractivity contribution in [3.8, 4) is 0 Å². The largest absolute Gasteiger partial charge is 0.480 e. The average molecular weight is 1700 g/mol. The predicted molar refractivity (Wildman–Crippen MR) is 444 cm³/mol. The molecule has 14 rings (SSSR count). The van der Waals surface area contributed by atoms with E-state index in [0.29, 0.717) is 138 Å². The number of ether oxygens (including phenoxy) is 4. The van der Waals surface area contributed by atoms with Crippen LogP contribution >= 0.6 is 11.6 Å². The fourth-order valence-corrected chi connectivity index (χ4v) is 16.1. The molecule has 122 heavy (non-hydrogen) atoms. The van der Waals surface area contributed by atoms with E-state index in [0.717, 1.165) is 12.8 Å². The number of nitrogens with two attached hydrogens (primary N) is 1. The second kappa shape index (κ2) is 46.7. The van der Waals surface area contributed by atoms with Gasteiger partial charge in [0, 0.05) is 66.1 Å². The molecule has 6 fully saturated rings. The van der Waals surface area contributed by atoms with Crippen LogP contribution in [0, 0.1) is 0 Å². The van der Waals surface area contributed by atoms with Crippen molar-refractivity contribution in [1.29, 1.82) is 0 Å². The van der Waals surface area contributed by atoms with E-state index in [4.69, 9.17) is 41.4 Å². The van der Waals surface area contributed by atoms with Crippen LogP contribution in [0.5, 0.6) is 0 Å². The first kappa shape index (κ1) is 93.9. The zero-order valence-electron chi connectivity index (χ0n) is 68.1. The summed E-state index contributed by atoms with van der Waals surface area (Å²) >= 11 is 5.16. The number of benzene rings is 4. The van der Waals surface area contributed by atoms with E-state index in [1.807, 2.05) is 79.8 Å². The van der Waals surface area contributed by atoms with Crippen LogP contribution in [0.2, 0.25) is 0 Å². The minimum Gasteiger partial charge on any atom is -0.480 e. The third kappa shape index (κ3) is 26.0. The SMILES string of the molecule is C=CCCC(=O)N[C@H]1CC(=O)OC1OCC.CCOC1OC(=O)C[C@@H]1NC(=O)[C@@H]1CC[C@@H]2C/C=C\C[C@H](NC(=O)c3ccccc3)C(=O)N21.N[C@H]1C/C=C\C[C@H]2CC[C@@H](C(=O)O)N2C1=O.O=C(Cl)c1ccccc1.O=C(N[C@H]1C/C=C\C[C@H]2CC[C@@H](C(=O)O)N2C1=O)c1ccccc1.O=C(N[C@H]1C/C=C\C[C@H]2CC[C@@H](C(=O)O)N2C1=O)c1ccccc1. The number of allylic oxidation sites excluding steroid dienone is 1. The summed E-state index contributed by atoms with van der Waals surface area (Å²) < 4.78 is 20.7. The molecule has 33 heteroatoms. The summed E-state index contributed by atoms with van der Waals surface area (Å²) in [5, 5.41) is 41.3. The topological polar surface area (TPSA) is 453 Å². The van der Waals surface area contributed by atoms with Crippen molar-refractivity contribution in [3.63, 3.8) is 0 Å². The molecule has 16 atom stereocenters. The number of amides is 9. The molecule has 10 aliphatic rings. The van der Waals surface area contributed by atoms with Crippen molar-refractivity contribution >= 4 is 99.9 Å². The number of carboxylic acid groups (broad SMARTS) is 3. The highest BCUT2D eigenvalue weighted by Gasteiger charge is 2.49. The number of aliphatic carboxylic acids is 3. The van der Waals surface area contributed by atoms with Gasteiger partial charge in [-0.15, -0.1) is 6.58 Å². The van der Waals surface area contributed by atoms with E-state index in [-0.39, 0.29) is 102 Å². The van der Waals surface area contributed by atoms with Crippen molar-refractivity contribution in [2.75, 3.05) is 13.2 Å². The summed E-state index contributed by atoms with van der Waals surface area (Å²) in [4.78, 5) is 186. The molecular formula is C89H107ClN10O22. The van der Waals surface area contributed by atoms with Crippen LogP contribution in [0.3, 0.4) is 0 Å². The number of halogens is 1. The number of rotatable bonds is 20. The third-order valence-electron chi connectivity index (χ3n) is 22.1. The van der Waals surface area contributed by atoms with Crippen molar-refractivity contribution in [1.82, 2.24) is 46.2 Å². The van der Waals surface area contributed by atoms with Gasteiger partial charge in [-0.3, -0.25) is 57.5 Å². The van der Waals surface area contributed by atoms with E-state index in [1.165, 1.54) is 14.7 Å². The summed E-state index contributed by atoms with van der Waals surface area (Å²) in [5.41, 5.74) is 7.69. The highest BCUT2D eigenvalue weighted by molar-refractivity contribution is 6.67. The molecule has 6 saturated heterocycles. The highest BCUT2D eigenvalue weighted by Crippen LogP contribution is 2.35. The zero-order valence-corrected chi connectivity index (χ0v) is 68.8. The first-order chi connectivity index (χ1) is 58.7. The van der Waals surface area contributed by atoms with Gasteiger partial charge in [-0.25, -0.2) is 14.4 Å². The molecule has 10 N–H and O–H groups in total. The number of cyclic esters (lactones) is 2. The van der Waals surface area contributed by atoms with E-state index in [9.17, 15) is 82.1 Å². The number of esters is 2. The Bertz CT molecular complexity index is 4360. The number of carbonyl (C=O) groups is 15. The van der Waals surface area contributed by atoms with Crippen LogP contribution < -0.4 is 32.3 Å². The van der Waals surface area contributed by atoms with Crippen molar-refractivity contribution in [2.45, 2.75) is 239 Å². The monoisotopic (exact) mass is 1700 g/mol. The first-order valence-corrected chi connectivity index (χ1v) is 41.6. The van der Waals surface area contributed by atoms with Gasteiger partial charge in [-0.1, -0.05) is 140 Å². The number of nitrogens with one attached hydrogen (secondary N) is 5. The average Bonchev–Trinajstić information content (AvgIpc) is 1.79. The van der Waals surface area contributed by atoms with E-state index in [1.54, 1.807) is 115 Å². The maximum atomic E-state index is 13.5. The molecule has 652 valence electrons. The van der Waals surface area contributed by atoms with Crippen molar-refractivity contribution < 1.29 is 106 Å². The number of hydrogen-bond acceptors (Lipinski definition) is 20. The molecule has 4 aromatic carbocycles. The molecule has 0 aliphatic carbocycles. The molecule has 0 spiro atoms. The first-order valence-electron chi connectivity index (χ1n) is 41.2. The highest BCUT2D eigenvalue weighted by atomic mass is 35.5. The predicted octanol–water partition coefficient (Wildman–Crippen LogP) is 7.37. The van der Waals surface area contributed by atoms with Crippen molar-refractivity contribution in [2.24, 2.45) is 5.73 Å². The second-order valence-corrected chi connectivity index (χ2v) is 30.7. The quantitative estimate of drug-likeness (QED) is 0.0237. The van der Waals surface area contributed by atoms with E-state index < -0.39 is 96.1 Å². The molecule has 9 amide bonds. The van der Waals surface area contributed by atoms with Gasteiger partial charge in [0.15, 0.2) is 0 Å². The Balaban J connectivity index is 0.000000172. The summed E-state index contributed by atoms with van der Waals surface area (Å²) in [6, 6.07) is 27.7. The normalized spacial score (nSPS) is 27.6. The fraction of sp³-hybridized carbons (Fsp3) is 0.449. The Morgan fingerprint density at radius 2 is 0.730 bits per heavy atom. The van der Waals surface area contributed by atoms with Gasteiger partial charge in [0.2, 0.25) is 48.0 Å². The Labute approximate surface area is 712 Å². The van der Waals surface area contributed by atoms with E-state index >= 15 is 0 Å². The molecule has 2 unspecified atom stereocenters. The smallest absolute Gasteiger partial charge is 0.326 e. The lowest BCUT2D eigenvalue weighted by Crippen LogP contribution is -2.57. The van der Waals surface area contributed by atoms with E-state index in [2.05, 4.69) is 33.2 Å². The van der Waals surface area contributed by atoms with Crippen molar-refractivity contribution in [3.05, 3.63) is 205 Å². The van der Waals surface area contributed by atoms with Crippen LogP contribution in [-0.4, -0.2) is 234 Å². The van der Waals surface area contributed by atoms with Gasteiger partial charge in [0.05, 0.1) is 18.9 Å².